The average Bonchev–Trinajstić information content (AvgIpc) is 2.54. The Bertz CT molecular complexity index is 471. The highest BCUT2D eigenvalue weighted by Crippen LogP contribution is 2.34. The molecule has 0 fully saturated rings. The van der Waals surface area contributed by atoms with Crippen LogP contribution in [0.2, 0.25) is 5.15 Å². The van der Waals surface area contributed by atoms with Gasteiger partial charge in [0.1, 0.15) is 11.4 Å². The zero-order valence-electron chi connectivity index (χ0n) is 8.41. The molecule has 0 amide bonds. The summed E-state index contributed by atoms with van der Waals surface area (Å²) in [4.78, 5) is 15.1. The van der Waals surface area contributed by atoms with Crippen molar-refractivity contribution in [1.82, 2.24) is 10.3 Å². The lowest BCUT2D eigenvalue weighted by Gasteiger charge is -2.14. The molecule has 1 aromatic heterocycles. The van der Waals surface area contributed by atoms with Crippen molar-refractivity contribution in [3.05, 3.63) is 41.0 Å². The highest BCUT2D eigenvalue weighted by molar-refractivity contribution is 6.60. The standard InChI is InChI=1S/C10H7Cl3N2O2/c11-8-2-1-6(4-15-8)3-14-7-5-17-9(16)10(7,12)13/h1-2,4-5,14H,3H2. The van der Waals surface area contributed by atoms with Gasteiger partial charge in [0.25, 0.3) is 4.33 Å². The first kappa shape index (κ1) is 12.5. The molecule has 0 aliphatic carbocycles. The lowest BCUT2D eigenvalue weighted by Crippen LogP contribution is -2.31. The van der Waals surface area contributed by atoms with Gasteiger partial charge in [-0.15, -0.1) is 0 Å². The molecule has 0 aromatic carbocycles. The van der Waals surface area contributed by atoms with E-state index < -0.39 is 10.3 Å². The molecule has 4 nitrogen and oxygen atoms in total. The molecule has 0 unspecified atom stereocenters. The Morgan fingerprint density at radius 3 is 2.71 bits per heavy atom. The second-order valence-corrected chi connectivity index (χ2v) is 5.07. The minimum Gasteiger partial charge on any atom is -0.430 e. The minimum absolute atomic E-state index is 0.306. The molecule has 2 heterocycles. The van der Waals surface area contributed by atoms with E-state index in [0.29, 0.717) is 17.4 Å². The fourth-order valence-electron chi connectivity index (χ4n) is 1.23. The van der Waals surface area contributed by atoms with Gasteiger partial charge in [0.05, 0.1) is 5.70 Å². The van der Waals surface area contributed by atoms with E-state index in [2.05, 4.69) is 15.0 Å². The maximum Gasteiger partial charge on any atom is 0.353 e. The summed E-state index contributed by atoms with van der Waals surface area (Å²) in [6.07, 6.45) is 2.81. The van der Waals surface area contributed by atoms with Crippen LogP contribution in [0.1, 0.15) is 5.56 Å². The first-order chi connectivity index (χ1) is 8.00. The summed E-state index contributed by atoms with van der Waals surface area (Å²) in [5, 5.41) is 3.32. The summed E-state index contributed by atoms with van der Waals surface area (Å²) >= 11 is 17.3. The van der Waals surface area contributed by atoms with Crippen molar-refractivity contribution in [2.45, 2.75) is 10.9 Å². The molecule has 1 aromatic rings. The predicted octanol–water partition coefficient (Wildman–Crippen LogP) is 2.40. The summed E-state index contributed by atoms with van der Waals surface area (Å²) in [5.74, 6) is -0.711. The number of esters is 1. The molecule has 0 atom stereocenters. The molecule has 1 N–H and O–H groups in total. The molecule has 17 heavy (non-hydrogen) atoms. The van der Waals surface area contributed by atoms with Crippen molar-refractivity contribution in [1.29, 1.82) is 0 Å². The Labute approximate surface area is 113 Å². The Morgan fingerprint density at radius 1 is 1.41 bits per heavy atom. The lowest BCUT2D eigenvalue weighted by molar-refractivity contribution is -0.136. The topological polar surface area (TPSA) is 51.2 Å². The van der Waals surface area contributed by atoms with Gasteiger partial charge >= 0.3 is 5.97 Å². The van der Waals surface area contributed by atoms with E-state index in [-0.39, 0.29) is 0 Å². The molecule has 90 valence electrons. The van der Waals surface area contributed by atoms with Crippen LogP contribution in [0.25, 0.3) is 0 Å². The monoisotopic (exact) mass is 292 g/mol. The predicted molar refractivity (Wildman–Crippen MR) is 64.7 cm³/mol. The van der Waals surface area contributed by atoms with Crippen molar-refractivity contribution in [3.8, 4) is 0 Å². The normalized spacial score (nSPS) is 17.6. The van der Waals surface area contributed by atoms with E-state index in [4.69, 9.17) is 34.8 Å². The number of carbonyl (C=O) groups is 1. The van der Waals surface area contributed by atoms with E-state index in [0.717, 1.165) is 5.56 Å². The van der Waals surface area contributed by atoms with Crippen LogP contribution < -0.4 is 5.32 Å². The molecular formula is C10H7Cl3N2O2. The quantitative estimate of drug-likeness (QED) is 0.528. The number of halogens is 3. The molecule has 0 saturated carbocycles. The summed E-state index contributed by atoms with van der Waals surface area (Å²) in [6, 6.07) is 3.46. The lowest BCUT2D eigenvalue weighted by atomic mass is 10.2. The van der Waals surface area contributed by atoms with Crippen LogP contribution in [0.5, 0.6) is 0 Å². The minimum atomic E-state index is -1.67. The third-order valence-corrected chi connectivity index (χ3v) is 3.09. The molecule has 7 heteroatoms. The molecule has 0 radical (unpaired) electrons. The van der Waals surface area contributed by atoms with Gasteiger partial charge in [-0.3, -0.25) is 0 Å². The summed E-state index contributed by atoms with van der Waals surface area (Å²) in [6.45, 7) is 0.411. The van der Waals surface area contributed by atoms with E-state index in [1.165, 1.54) is 6.26 Å². The summed E-state index contributed by atoms with van der Waals surface area (Å²) < 4.78 is 2.96. The van der Waals surface area contributed by atoms with Crippen LogP contribution in [-0.2, 0) is 16.1 Å². The van der Waals surface area contributed by atoms with E-state index >= 15 is 0 Å². The highest BCUT2D eigenvalue weighted by Gasteiger charge is 2.44. The fourth-order valence-corrected chi connectivity index (χ4v) is 1.65. The van der Waals surface area contributed by atoms with Crippen molar-refractivity contribution in [2.75, 3.05) is 0 Å². The summed E-state index contributed by atoms with van der Waals surface area (Å²) in [7, 11) is 0. The molecule has 0 bridgehead atoms. The Hall–Kier alpha value is -0.970. The Morgan fingerprint density at radius 2 is 2.18 bits per heavy atom. The van der Waals surface area contributed by atoms with Gasteiger partial charge in [-0.2, -0.15) is 0 Å². The number of alkyl halides is 2. The number of carbonyl (C=O) groups excluding carboxylic acids is 1. The number of cyclic esters (lactones) is 1. The van der Waals surface area contributed by atoms with Crippen LogP contribution in [-0.4, -0.2) is 15.3 Å². The van der Waals surface area contributed by atoms with Crippen LogP contribution in [0.4, 0.5) is 0 Å². The Balaban J connectivity index is 2.00. The number of nitrogens with one attached hydrogen (secondary N) is 1. The number of ether oxygens (including phenoxy) is 1. The SMILES string of the molecule is O=C1OC=C(NCc2ccc(Cl)nc2)C1(Cl)Cl. The number of pyridine rings is 1. The van der Waals surface area contributed by atoms with Crippen LogP contribution in [0, 0.1) is 0 Å². The maximum absolute atomic E-state index is 11.2. The number of hydrogen-bond acceptors (Lipinski definition) is 4. The van der Waals surface area contributed by atoms with E-state index in [9.17, 15) is 4.79 Å². The Kier molecular flexibility index (Phi) is 3.47. The highest BCUT2D eigenvalue weighted by atomic mass is 35.5. The molecule has 1 aliphatic rings. The molecule has 0 saturated heterocycles. The van der Waals surface area contributed by atoms with Crippen molar-refractivity contribution in [3.63, 3.8) is 0 Å². The zero-order chi connectivity index (χ0) is 12.5. The number of hydrogen-bond donors (Lipinski definition) is 1. The fraction of sp³-hybridized carbons (Fsp3) is 0.200. The first-order valence-corrected chi connectivity index (χ1v) is 5.77. The molecule has 1 aliphatic heterocycles. The van der Waals surface area contributed by atoms with Crippen LogP contribution >= 0.6 is 34.8 Å². The average molecular weight is 294 g/mol. The van der Waals surface area contributed by atoms with E-state index in [1.807, 2.05) is 0 Å². The van der Waals surface area contributed by atoms with Gasteiger partial charge in [0.15, 0.2) is 0 Å². The smallest absolute Gasteiger partial charge is 0.353 e. The zero-order valence-corrected chi connectivity index (χ0v) is 10.7. The number of rotatable bonds is 3. The van der Waals surface area contributed by atoms with Crippen molar-refractivity contribution < 1.29 is 9.53 Å². The van der Waals surface area contributed by atoms with Gasteiger partial charge in [0.2, 0.25) is 0 Å². The van der Waals surface area contributed by atoms with Crippen LogP contribution in [0.15, 0.2) is 30.3 Å². The second kappa shape index (κ2) is 4.72. The van der Waals surface area contributed by atoms with E-state index in [1.54, 1.807) is 18.3 Å². The van der Waals surface area contributed by atoms with Crippen molar-refractivity contribution in [2.24, 2.45) is 0 Å². The largest absolute Gasteiger partial charge is 0.430 e. The van der Waals surface area contributed by atoms with Gasteiger partial charge in [-0.25, -0.2) is 9.78 Å². The molecule has 2 rings (SSSR count). The van der Waals surface area contributed by atoms with Gasteiger partial charge in [-0.1, -0.05) is 40.9 Å². The van der Waals surface area contributed by atoms with Gasteiger partial charge in [0, 0.05) is 12.7 Å². The van der Waals surface area contributed by atoms with Crippen LogP contribution in [0.3, 0.4) is 0 Å². The molecular weight excluding hydrogens is 286 g/mol. The molecule has 0 spiro atoms. The van der Waals surface area contributed by atoms with Crippen molar-refractivity contribution >= 4 is 40.8 Å². The maximum atomic E-state index is 11.2. The van der Waals surface area contributed by atoms with Gasteiger partial charge in [-0.05, 0) is 11.6 Å². The second-order valence-electron chi connectivity index (χ2n) is 3.35. The van der Waals surface area contributed by atoms with Gasteiger partial charge < -0.3 is 10.1 Å². The third kappa shape index (κ3) is 2.65. The summed E-state index contributed by atoms with van der Waals surface area (Å²) in [5.41, 5.74) is 1.18. The third-order valence-electron chi connectivity index (χ3n) is 2.15. The first-order valence-electron chi connectivity index (χ1n) is 4.64. The number of nitrogens with zero attached hydrogens (tertiary/aromatic N) is 1. The number of aromatic nitrogens is 1.